The number of sulfonamides is 1. The van der Waals surface area contributed by atoms with Gasteiger partial charge in [0.2, 0.25) is 10.0 Å². The van der Waals surface area contributed by atoms with Crippen molar-refractivity contribution in [2.75, 3.05) is 13.7 Å². The molecular weight excluding hydrogens is 332 g/mol. The van der Waals surface area contributed by atoms with E-state index in [0.29, 0.717) is 0 Å². The van der Waals surface area contributed by atoms with E-state index >= 15 is 0 Å². The zero-order valence-corrected chi connectivity index (χ0v) is 13.4. The van der Waals surface area contributed by atoms with Crippen LogP contribution in [0.15, 0.2) is 23.1 Å². The summed E-state index contributed by atoms with van der Waals surface area (Å²) < 4.78 is 58.3. The fraction of sp³-hybridized carbons (Fsp3) is 0.500. The summed E-state index contributed by atoms with van der Waals surface area (Å²) in [5.41, 5.74) is -1.11. The second kappa shape index (κ2) is 5.81. The van der Waals surface area contributed by atoms with Gasteiger partial charge in [-0.05, 0) is 30.7 Å². The quantitative estimate of drug-likeness (QED) is 0.817. The molecule has 23 heavy (non-hydrogen) atoms. The van der Waals surface area contributed by atoms with Crippen molar-refractivity contribution in [3.8, 4) is 0 Å². The Morgan fingerprint density at radius 2 is 2.00 bits per heavy atom. The van der Waals surface area contributed by atoms with Crippen LogP contribution in [0.1, 0.15) is 28.8 Å². The van der Waals surface area contributed by atoms with Gasteiger partial charge in [0.1, 0.15) is 0 Å². The SMILES string of the molecule is COCC1(NS(=O)(=O)c2ccc(C(=O)O)c(C)c2)CC(F)(F)C1. The van der Waals surface area contributed by atoms with Gasteiger partial charge in [-0.1, -0.05) is 0 Å². The number of aromatic carboxylic acids is 1. The molecule has 1 saturated carbocycles. The van der Waals surface area contributed by atoms with Crippen molar-refractivity contribution < 1.29 is 31.8 Å². The van der Waals surface area contributed by atoms with E-state index < -0.39 is 40.3 Å². The van der Waals surface area contributed by atoms with Gasteiger partial charge in [-0.15, -0.1) is 0 Å². The Morgan fingerprint density at radius 1 is 1.39 bits per heavy atom. The molecule has 0 radical (unpaired) electrons. The summed E-state index contributed by atoms with van der Waals surface area (Å²) in [7, 11) is -2.77. The Balaban J connectivity index is 2.28. The molecule has 0 saturated heterocycles. The first-order valence-corrected chi connectivity index (χ1v) is 8.23. The van der Waals surface area contributed by atoms with Crippen molar-refractivity contribution in [3.63, 3.8) is 0 Å². The Labute approximate surface area is 132 Å². The van der Waals surface area contributed by atoms with Crippen molar-refractivity contribution in [3.05, 3.63) is 29.3 Å². The average molecular weight is 349 g/mol. The average Bonchev–Trinajstić information content (AvgIpc) is 2.35. The molecular formula is C14H17F2NO5S. The second-order valence-corrected chi connectivity index (χ2v) is 7.49. The van der Waals surface area contributed by atoms with Crippen LogP contribution in [0, 0.1) is 6.92 Å². The molecule has 1 aromatic rings. The number of nitrogens with one attached hydrogen (secondary N) is 1. The summed E-state index contributed by atoms with van der Waals surface area (Å²) in [5.74, 6) is -4.10. The number of alkyl halides is 2. The predicted octanol–water partition coefficient (Wildman–Crippen LogP) is 1.79. The molecule has 1 aliphatic carbocycles. The monoisotopic (exact) mass is 349 g/mol. The Bertz CT molecular complexity index is 725. The number of rotatable bonds is 6. The third kappa shape index (κ3) is 3.67. The fourth-order valence-electron chi connectivity index (χ4n) is 2.81. The summed E-state index contributed by atoms with van der Waals surface area (Å²) in [4.78, 5) is 10.8. The number of hydrogen-bond donors (Lipinski definition) is 2. The van der Waals surface area contributed by atoms with Crippen molar-refractivity contribution in [2.45, 2.75) is 36.1 Å². The highest BCUT2D eigenvalue weighted by molar-refractivity contribution is 7.89. The second-order valence-electron chi connectivity index (χ2n) is 5.81. The summed E-state index contributed by atoms with van der Waals surface area (Å²) in [6.45, 7) is 1.29. The summed E-state index contributed by atoms with van der Waals surface area (Å²) in [6, 6.07) is 3.50. The minimum Gasteiger partial charge on any atom is -0.478 e. The fourth-order valence-corrected chi connectivity index (χ4v) is 4.28. The van der Waals surface area contributed by atoms with E-state index in [1.807, 2.05) is 0 Å². The number of carboxylic acids is 1. The van der Waals surface area contributed by atoms with Crippen molar-refractivity contribution in [1.29, 1.82) is 0 Å². The van der Waals surface area contributed by atoms with Gasteiger partial charge in [-0.25, -0.2) is 26.7 Å². The number of carbonyl (C=O) groups is 1. The largest absolute Gasteiger partial charge is 0.478 e. The minimum atomic E-state index is -4.07. The molecule has 1 fully saturated rings. The number of methoxy groups -OCH3 is 1. The van der Waals surface area contributed by atoms with Gasteiger partial charge in [0, 0.05) is 20.0 Å². The smallest absolute Gasteiger partial charge is 0.335 e. The lowest BCUT2D eigenvalue weighted by atomic mass is 9.75. The summed E-state index contributed by atoms with van der Waals surface area (Å²) in [5, 5.41) is 8.96. The molecule has 128 valence electrons. The van der Waals surface area contributed by atoms with E-state index in [1.54, 1.807) is 0 Å². The highest BCUT2D eigenvalue weighted by Gasteiger charge is 2.58. The maximum absolute atomic E-state index is 13.2. The van der Waals surface area contributed by atoms with Gasteiger partial charge in [0.15, 0.2) is 0 Å². The maximum Gasteiger partial charge on any atom is 0.335 e. The molecule has 0 unspecified atom stereocenters. The van der Waals surface area contributed by atoms with E-state index in [9.17, 15) is 22.0 Å². The first-order valence-electron chi connectivity index (χ1n) is 6.75. The van der Waals surface area contributed by atoms with Crippen LogP contribution in [0.4, 0.5) is 8.78 Å². The Kier molecular flexibility index (Phi) is 4.49. The van der Waals surface area contributed by atoms with Gasteiger partial charge < -0.3 is 9.84 Å². The van der Waals surface area contributed by atoms with Gasteiger partial charge in [-0.2, -0.15) is 0 Å². The molecule has 6 nitrogen and oxygen atoms in total. The van der Waals surface area contributed by atoms with Crippen LogP contribution in [0.3, 0.4) is 0 Å². The standard InChI is InChI=1S/C14H17F2NO5S/c1-9-5-10(3-4-11(9)12(18)19)23(20,21)17-13(8-22-2)6-14(15,16)7-13/h3-5,17H,6-8H2,1-2H3,(H,18,19). The molecule has 0 aliphatic heterocycles. The molecule has 0 aromatic heterocycles. The number of halogens is 2. The molecule has 1 aromatic carbocycles. The van der Waals surface area contributed by atoms with Crippen LogP contribution in [0.25, 0.3) is 0 Å². The third-order valence-electron chi connectivity index (χ3n) is 3.70. The zero-order valence-electron chi connectivity index (χ0n) is 12.6. The summed E-state index contributed by atoms with van der Waals surface area (Å²) in [6.07, 6.45) is -1.28. The highest BCUT2D eigenvalue weighted by Crippen LogP contribution is 2.46. The minimum absolute atomic E-state index is 0.0225. The number of carboxylic acid groups (broad SMARTS) is 1. The van der Waals surface area contributed by atoms with Gasteiger partial charge >= 0.3 is 5.97 Å². The molecule has 2 rings (SSSR count). The number of benzene rings is 1. The van der Waals surface area contributed by atoms with Crippen LogP contribution in [-0.2, 0) is 14.8 Å². The van der Waals surface area contributed by atoms with Crippen LogP contribution < -0.4 is 4.72 Å². The van der Waals surface area contributed by atoms with E-state index in [1.165, 1.54) is 26.2 Å². The summed E-state index contributed by atoms with van der Waals surface area (Å²) >= 11 is 0. The topological polar surface area (TPSA) is 92.7 Å². The molecule has 0 atom stereocenters. The molecule has 1 aliphatic rings. The number of hydrogen-bond acceptors (Lipinski definition) is 4. The Morgan fingerprint density at radius 3 is 2.43 bits per heavy atom. The molecule has 0 spiro atoms. The van der Waals surface area contributed by atoms with Gasteiger partial charge in [0.25, 0.3) is 5.92 Å². The molecule has 0 bridgehead atoms. The van der Waals surface area contributed by atoms with E-state index in [2.05, 4.69) is 4.72 Å². The normalized spacial score (nSPS) is 19.1. The lowest BCUT2D eigenvalue weighted by molar-refractivity contribution is -0.143. The zero-order chi connectivity index (χ0) is 17.5. The predicted molar refractivity (Wildman–Crippen MR) is 77.2 cm³/mol. The lowest BCUT2D eigenvalue weighted by Gasteiger charge is -2.46. The molecule has 2 N–H and O–H groups in total. The van der Waals surface area contributed by atoms with Crippen LogP contribution in [0.2, 0.25) is 0 Å². The number of ether oxygens (including phenoxy) is 1. The highest BCUT2D eigenvalue weighted by atomic mass is 32.2. The first-order chi connectivity index (χ1) is 10.5. The van der Waals surface area contributed by atoms with E-state index in [0.717, 1.165) is 6.07 Å². The molecule has 9 heteroatoms. The van der Waals surface area contributed by atoms with Crippen LogP contribution >= 0.6 is 0 Å². The maximum atomic E-state index is 13.2. The number of aryl methyl sites for hydroxylation is 1. The lowest BCUT2D eigenvalue weighted by Crippen LogP contribution is -2.64. The van der Waals surface area contributed by atoms with Crippen molar-refractivity contribution in [2.24, 2.45) is 0 Å². The van der Waals surface area contributed by atoms with E-state index in [-0.39, 0.29) is 22.6 Å². The van der Waals surface area contributed by atoms with Gasteiger partial charge in [0.05, 0.1) is 22.6 Å². The Hall–Kier alpha value is -1.58. The van der Waals surface area contributed by atoms with Crippen molar-refractivity contribution >= 4 is 16.0 Å². The van der Waals surface area contributed by atoms with Crippen molar-refractivity contribution in [1.82, 2.24) is 4.72 Å². The molecule has 0 amide bonds. The third-order valence-corrected chi connectivity index (χ3v) is 5.28. The first kappa shape index (κ1) is 17.8. The van der Waals surface area contributed by atoms with Gasteiger partial charge in [-0.3, -0.25) is 0 Å². The van der Waals surface area contributed by atoms with E-state index in [4.69, 9.17) is 9.84 Å². The molecule has 0 heterocycles. The van der Waals surface area contributed by atoms with Crippen LogP contribution in [0.5, 0.6) is 0 Å². The van der Waals surface area contributed by atoms with Crippen LogP contribution in [-0.4, -0.2) is 44.7 Å².